The lowest BCUT2D eigenvalue weighted by Crippen LogP contribution is -2.39. The molecule has 1 saturated heterocycles. The van der Waals surface area contributed by atoms with E-state index in [1.54, 1.807) is 15.7 Å². The minimum Gasteiger partial charge on any atom is -0.337 e. The van der Waals surface area contributed by atoms with Gasteiger partial charge >= 0.3 is 5.69 Å². The van der Waals surface area contributed by atoms with Crippen LogP contribution >= 0.6 is 0 Å². The van der Waals surface area contributed by atoms with Gasteiger partial charge in [0.25, 0.3) is 5.91 Å². The number of piperidine rings is 1. The van der Waals surface area contributed by atoms with Crippen LogP contribution in [0.1, 0.15) is 35.1 Å². The van der Waals surface area contributed by atoms with Gasteiger partial charge in [-0.1, -0.05) is 18.2 Å². The number of rotatable bonds is 3. The first-order valence-electron chi connectivity index (χ1n) is 8.52. The Labute approximate surface area is 149 Å². The molecule has 0 bridgehead atoms. The summed E-state index contributed by atoms with van der Waals surface area (Å²) in [4.78, 5) is 34.5. The molecule has 0 spiro atoms. The van der Waals surface area contributed by atoms with Crippen LogP contribution in [0.3, 0.4) is 0 Å². The lowest BCUT2D eigenvalue weighted by Gasteiger charge is -2.31. The number of carbonyl (C=O) groups excluding carboxylic acids is 1. The Bertz CT molecular complexity index is 943. The molecule has 0 aliphatic carbocycles. The molecule has 4 rings (SSSR count). The van der Waals surface area contributed by atoms with Crippen LogP contribution in [0.5, 0.6) is 0 Å². The van der Waals surface area contributed by atoms with Crippen LogP contribution in [-0.4, -0.2) is 48.6 Å². The molecule has 8 nitrogen and oxygen atoms in total. The first-order chi connectivity index (χ1) is 12.7. The van der Waals surface area contributed by atoms with E-state index in [9.17, 15) is 9.59 Å². The fourth-order valence-electron chi connectivity index (χ4n) is 3.32. The fraction of sp³-hybridized carbons (Fsp3) is 0.278. The molecule has 1 aliphatic heterocycles. The summed E-state index contributed by atoms with van der Waals surface area (Å²) in [5.74, 6) is 0.715. The van der Waals surface area contributed by atoms with E-state index in [1.807, 2.05) is 30.3 Å². The van der Waals surface area contributed by atoms with Crippen LogP contribution in [0.25, 0.3) is 5.69 Å². The number of hydrogen-bond donors (Lipinski definition) is 1. The Morgan fingerprint density at radius 3 is 2.58 bits per heavy atom. The maximum atomic E-state index is 12.5. The number of nitrogens with one attached hydrogen (secondary N) is 1. The van der Waals surface area contributed by atoms with E-state index in [0.29, 0.717) is 24.6 Å². The highest BCUT2D eigenvalue weighted by atomic mass is 16.2. The number of carbonyl (C=O) groups is 1. The molecule has 0 atom stereocenters. The van der Waals surface area contributed by atoms with Gasteiger partial charge in [0.1, 0.15) is 11.5 Å². The summed E-state index contributed by atoms with van der Waals surface area (Å²) in [5.41, 5.74) is 0.899. The van der Waals surface area contributed by atoms with Crippen molar-refractivity contribution in [2.75, 3.05) is 13.1 Å². The average Bonchev–Trinajstić information content (AvgIpc) is 3.10. The van der Waals surface area contributed by atoms with Gasteiger partial charge in [0.15, 0.2) is 0 Å². The first-order valence-corrected chi connectivity index (χ1v) is 8.52. The lowest BCUT2D eigenvalue weighted by atomic mass is 9.95. The number of likely N-dealkylation sites (tertiary alicyclic amines) is 1. The number of benzene rings is 1. The normalized spacial score (nSPS) is 15.2. The molecule has 3 heterocycles. The van der Waals surface area contributed by atoms with Crippen molar-refractivity contribution >= 4 is 5.91 Å². The third kappa shape index (κ3) is 3.01. The van der Waals surface area contributed by atoms with Crippen molar-refractivity contribution in [2.45, 2.75) is 18.8 Å². The minimum absolute atomic E-state index is 0.111. The van der Waals surface area contributed by atoms with Gasteiger partial charge in [0.2, 0.25) is 0 Å². The van der Waals surface area contributed by atoms with Crippen LogP contribution in [0.2, 0.25) is 0 Å². The molecular weight excluding hydrogens is 332 g/mol. The monoisotopic (exact) mass is 350 g/mol. The third-order valence-corrected chi connectivity index (χ3v) is 4.64. The maximum Gasteiger partial charge on any atom is 0.347 e. The van der Waals surface area contributed by atoms with E-state index in [1.165, 1.54) is 12.4 Å². The van der Waals surface area contributed by atoms with Gasteiger partial charge in [-0.05, 0) is 25.0 Å². The van der Waals surface area contributed by atoms with Gasteiger partial charge < -0.3 is 4.90 Å². The molecular formula is C18H18N6O2. The summed E-state index contributed by atoms with van der Waals surface area (Å²) in [5, 5.41) is 6.79. The van der Waals surface area contributed by atoms with Crippen molar-refractivity contribution in [1.29, 1.82) is 0 Å². The summed E-state index contributed by atoms with van der Waals surface area (Å²) in [6.07, 6.45) is 6.02. The third-order valence-electron chi connectivity index (χ3n) is 4.64. The van der Waals surface area contributed by atoms with Gasteiger partial charge in [-0.25, -0.2) is 19.4 Å². The van der Waals surface area contributed by atoms with Crippen molar-refractivity contribution in [2.24, 2.45) is 0 Å². The van der Waals surface area contributed by atoms with Crippen LogP contribution in [0.4, 0.5) is 0 Å². The van der Waals surface area contributed by atoms with Gasteiger partial charge in [-0.3, -0.25) is 9.78 Å². The minimum atomic E-state index is -0.246. The zero-order valence-electron chi connectivity index (χ0n) is 14.1. The highest BCUT2D eigenvalue weighted by molar-refractivity contribution is 5.92. The van der Waals surface area contributed by atoms with Crippen molar-refractivity contribution in [3.05, 3.63) is 70.9 Å². The van der Waals surface area contributed by atoms with Gasteiger partial charge in [0, 0.05) is 31.4 Å². The van der Waals surface area contributed by atoms with E-state index in [2.05, 4.69) is 20.2 Å². The van der Waals surface area contributed by atoms with E-state index in [-0.39, 0.29) is 17.5 Å². The van der Waals surface area contributed by atoms with Crippen molar-refractivity contribution in [3.8, 4) is 5.69 Å². The highest BCUT2D eigenvalue weighted by Gasteiger charge is 2.28. The van der Waals surface area contributed by atoms with E-state index >= 15 is 0 Å². The average molecular weight is 350 g/mol. The molecule has 132 valence electrons. The number of aromatic amines is 1. The predicted octanol–water partition coefficient (Wildman–Crippen LogP) is 1.37. The zero-order chi connectivity index (χ0) is 17.9. The fourth-order valence-corrected chi connectivity index (χ4v) is 3.32. The van der Waals surface area contributed by atoms with Gasteiger partial charge in [-0.2, -0.15) is 5.10 Å². The van der Waals surface area contributed by atoms with E-state index < -0.39 is 0 Å². The molecule has 1 N–H and O–H groups in total. The van der Waals surface area contributed by atoms with Crippen molar-refractivity contribution < 1.29 is 4.79 Å². The van der Waals surface area contributed by atoms with Crippen LogP contribution < -0.4 is 5.69 Å². The standard InChI is InChI=1S/C18H18N6O2/c25-17(15-12-19-8-9-20-15)23-10-6-13(7-11-23)16-21-22-18(26)24(16)14-4-2-1-3-5-14/h1-5,8-9,12-13H,6-7,10-11H2,(H,22,26). The smallest absolute Gasteiger partial charge is 0.337 e. The Morgan fingerprint density at radius 2 is 1.88 bits per heavy atom. The molecule has 1 aliphatic rings. The molecule has 3 aromatic rings. The summed E-state index contributed by atoms with van der Waals surface area (Å²) < 4.78 is 1.62. The maximum absolute atomic E-state index is 12.5. The molecule has 0 saturated carbocycles. The Kier molecular flexibility index (Phi) is 4.30. The Balaban J connectivity index is 1.51. The Morgan fingerprint density at radius 1 is 1.12 bits per heavy atom. The second kappa shape index (κ2) is 6.91. The number of amides is 1. The van der Waals surface area contributed by atoms with Crippen molar-refractivity contribution in [1.82, 2.24) is 29.6 Å². The molecule has 26 heavy (non-hydrogen) atoms. The number of para-hydroxylation sites is 1. The topological polar surface area (TPSA) is 96.8 Å². The zero-order valence-corrected chi connectivity index (χ0v) is 14.1. The molecule has 0 unspecified atom stereocenters. The molecule has 1 amide bonds. The van der Waals surface area contributed by atoms with Crippen LogP contribution in [-0.2, 0) is 0 Å². The van der Waals surface area contributed by atoms with Gasteiger partial charge in [-0.15, -0.1) is 0 Å². The second-order valence-electron chi connectivity index (χ2n) is 6.22. The van der Waals surface area contributed by atoms with Crippen molar-refractivity contribution in [3.63, 3.8) is 0 Å². The lowest BCUT2D eigenvalue weighted by molar-refractivity contribution is 0.0704. The largest absolute Gasteiger partial charge is 0.347 e. The molecule has 8 heteroatoms. The Hall–Kier alpha value is -3.29. The van der Waals surface area contributed by atoms with E-state index in [0.717, 1.165) is 18.5 Å². The van der Waals surface area contributed by atoms with Crippen LogP contribution in [0, 0.1) is 0 Å². The highest BCUT2D eigenvalue weighted by Crippen LogP contribution is 2.27. The van der Waals surface area contributed by atoms with Crippen LogP contribution in [0.15, 0.2) is 53.7 Å². The molecule has 0 radical (unpaired) electrons. The molecule has 1 fully saturated rings. The quantitative estimate of drug-likeness (QED) is 0.769. The summed E-state index contributed by atoms with van der Waals surface area (Å²) in [6.45, 7) is 1.19. The molecule has 2 aromatic heterocycles. The summed E-state index contributed by atoms with van der Waals surface area (Å²) in [6, 6.07) is 9.45. The molecule has 1 aromatic carbocycles. The second-order valence-corrected chi connectivity index (χ2v) is 6.22. The van der Waals surface area contributed by atoms with E-state index in [4.69, 9.17) is 0 Å². The number of H-pyrrole nitrogens is 1. The number of hydrogen-bond acceptors (Lipinski definition) is 5. The number of aromatic nitrogens is 5. The summed E-state index contributed by atoms with van der Waals surface area (Å²) in [7, 11) is 0. The number of nitrogens with zero attached hydrogens (tertiary/aromatic N) is 5. The van der Waals surface area contributed by atoms with Gasteiger partial charge in [0.05, 0.1) is 11.9 Å². The summed E-state index contributed by atoms with van der Waals surface area (Å²) >= 11 is 0. The SMILES string of the molecule is O=C(c1cnccn1)N1CCC(c2n[nH]c(=O)n2-c2ccccc2)CC1. The first kappa shape index (κ1) is 16.2. The predicted molar refractivity (Wildman–Crippen MR) is 94.1 cm³/mol.